The summed E-state index contributed by atoms with van der Waals surface area (Å²) in [7, 11) is -1.78. The third-order valence-corrected chi connectivity index (χ3v) is 8.18. The molecule has 3 fully saturated rings. The van der Waals surface area contributed by atoms with E-state index in [0.29, 0.717) is 44.4 Å². The molecule has 1 aliphatic carbocycles. The molecule has 29 heavy (non-hydrogen) atoms. The van der Waals surface area contributed by atoms with E-state index < -0.39 is 10.0 Å². The zero-order valence-corrected chi connectivity index (χ0v) is 17.5. The van der Waals surface area contributed by atoms with Crippen molar-refractivity contribution >= 4 is 10.0 Å². The third kappa shape index (κ3) is 3.85. The van der Waals surface area contributed by atoms with E-state index in [2.05, 4.69) is 15.1 Å². The van der Waals surface area contributed by atoms with Crippen molar-refractivity contribution in [3.63, 3.8) is 0 Å². The lowest BCUT2D eigenvalue weighted by Crippen LogP contribution is -2.51. The summed E-state index contributed by atoms with van der Waals surface area (Å²) >= 11 is 0. The largest absolute Gasteiger partial charge is 0.375 e. The van der Waals surface area contributed by atoms with E-state index in [0.717, 1.165) is 43.8 Å². The highest BCUT2D eigenvalue weighted by Gasteiger charge is 2.43. The summed E-state index contributed by atoms with van der Waals surface area (Å²) < 4.78 is 40.4. The van der Waals surface area contributed by atoms with Crippen LogP contribution >= 0.6 is 0 Å². The second kappa shape index (κ2) is 7.17. The molecule has 9 nitrogen and oxygen atoms in total. The lowest BCUT2D eigenvalue weighted by Gasteiger charge is -2.45. The fourth-order valence-corrected chi connectivity index (χ4v) is 5.95. The van der Waals surface area contributed by atoms with E-state index in [1.54, 1.807) is 17.8 Å². The molecule has 2 saturated heterocycles. The standard InChI is InChI=1S/C19H27N5O4S/c1-23-12-17(20-13-23)29(25,26)24-7-5-19(6-8-24)11-14(4-9-27-19)10-16-21-18(28-22-16)15-2-3-15/h12-15H,2-11H2,1H3. The lowest BCUT2D eigenvalue weighted by molar-refractivity contribution is -0.120. The molecule has 5 rings (SSSR count). The maximum atomic E-state index is 12.8. The first-order valence-electron chi connectivity index (χ1n) is 10.4. The molecule has 3 aliphatic rings. The van der Waals surface area contributed by atoms with Gasteiger partial charge in [-0.25, -0.2) is 13.4 Å². The number of aryl methyl sites for hydroxylation is 1. The predicted octanol–water partition coefficient (Wildman–Crippen LogP) is 1.87. The predicted molar refractivity (Wildman–Crippen MR) is 103 cm³/mol. The molecule has 1 atom stereocenters. The van der Waals surface area contributed by atoms with Gasteiger partial charge in [0.15, 0.2) is 10.9 Å². The van der Waals surface area contributed by atoms with Gasteiger partial charge >= 0.3 is 0 Å². The molecule has 1 spiro atoms. The van der Waals surface area contributed by atoms with Crippen molar-refractivity contribution in [2.24, 2.45) is 13.0 Å². The van der Waals surface area contributed by atoms with E-state index in [-0.39, 0.29) is 10.6 Å². The second-order valence-electron chi connectivity index (χ2n) is 8.70. The summed E-state index contributed by atoms with van der Waals surface area (Å²) in [6, 6.07) is 0. The van der Waals surface area contributed by atoms with Gasteiger partial charge in [-0.15, -0.1) is 0 Å². The topological polar surface area (TPSA) is 103 Å². The van der Waals surface area contributed by atoms with Gasteiger partial charge in [-0.3, -0.25) is 0 Å². The number of hydrogen-bond donors (Lipinski definition) is 0. The van der Waals surface area contributed by atoms with Crippen molar-refractivity contribution in [3.05, 3.63) is 24.2 Å². The van der Waals surface area contributed by atoms with Gasteiger partial charge in [-0.2, -0.15) is 9.29 Å². The van der Waals surface area contributed by atoms with Gasteiger partial charge in [0.05, 0.1) is 11.9 Å². The molecule has 2 aromatic rings. The second-order valence-corrected chi connectivity index (χ2v) is 10.6. The summed E-state index contributed by atoms with van der Waals surface area (Å²) in [6.07, 6.45) is 9.47. The number of aromatic nitrogens is 4. The number of piperidine rings is 1. The van der Waals surface area contributed by atoms with Crippen LogP contribution in [0.5, 0.6) is 0 Å². The number of sulfonamides is 1. The molecule has 1 saturated carbocycles. The summed E-state index contributed by atoms with van der Waals surface area (Å²) in [4.78, 5) is 8.59. The first kappa shape index (κ1) is 19.2. The van der Waals surface area contributed by atoms with Crippen molar-refractivity contribution in [1.29, 1.82) is 0 Å². The molecule has 0 amide bonds. The van der Waals surface area contributed by atoms with Crippen LogP contribution in [-0.4, -0.2) is 57.7 Å². The highest BCUT2D eigenvalue weighted by Crippen LogP contribution is 2.41. The number of hydrogen-bond acceptors (Lipinski definition) is 7. The zero-order chi connectivity index (χ0) is 20.1. The fourth-order valence-electron chi connectivity index (χ4n) is 4.54. The average Bonchev–Trinajstić information content (AvgIpc) is 3.28. The van der Waals surface area contributed by atoms with E-state index in [9.17, 15) is 8.42 Å². The Morgan fingerprint density at radius 3 is 2.72 bits per heavy atom. The van der Waals surface area contributed by atoms with E-state index >= 15 is 0 Å². The van der Waals surface area contributed by atoms with Gasteiger partial charge in [0.25, 0.3) is 10.0 Å². The summed E-state index contributed by atoms with van der Waals surface area (Å²) in [5.41, 5.74) is -0.248. The average molecular weight is 422 g/mol. The van der Waals surface area contributed by atoms with Crippen LogP contribution in [0.2, 0.25) is 0 Å². The minimum absolute atomic E-state index is 0.113. The van der Waals surface area contributed by atoms with Crippen LogP contribution in [0.15, 0.2) is 22.1 Å². The van der Waals surface area contributed by atoms with Crippen LogP contribution in [0.3, 0.4) is 0 Å². The molecular formula is C19H27N5O4S. The van der Waals surface area contributed by atoms with Gasteiger partial charge < -0.3 is 13.8 Å². The van der Waals surface area contributed by atoms with Crippen molar-refractivity contribution in [2.75, 3.05) is 19.7 Å². The number of ether oxygens (including phenoxy) is 1. The highest BCUT2D eigenvalue weighted by molar-refractivity contribution is 7.89. The Balaban J connectivity index is 1.21. The molecule has 0 bridgehead atoms. The number of rotatable bonds is 5. The maximum absolute atomic E-state index is 12.8. The van der Waals surface area contributed by atoms with Gasteiger partial charge in [0.2, 0.25) is 5.89 Å². The molecule has 2 aromatic heterocycles. The summed E-state index contributed by atoms with van der Waals surface area (Å²) in [5, 5.41) is 4.27. The fraction of sp³-hybridized carbons (Fsp3) is 0.737. The molecule has 2 aliphatic heterocycles. The Kier molecular flexibility index (Phi) is 4.75. The summed E-state index contributed by atoms with van der Waals surface area (Å²) in [5.74, 6) is 2.49. The van der Waals surface area contributed by atoms with Gasteiger partial charge in [0, 0.05) is 45.3 Å². The van der Waals surface area contributed by atoms with Crippen LogP contribution < -0.4 is 0 Å². The monoisotopic (exact) mass is 421 g/mol. The van der Waals surface area contributed by atoms with Crippen LogP contribution in [0.25, 0.3) is 0 Å². The highest BCUT2D eigenvalue weighted by atomic mass is 32.2. The molecule has 1 unspecified atom stereocenters. The Labute approximate surface area is 170 Å². The Bertz CT molecular complexity index is 972. The zero-order valence-electron chi connectivity index (χ0n) is 16.7. The van der Waals surface area contributed by atoms with Crippen LogP contribution in [0.4, 0.5) is 0 Å². The number of nitrogens with zero attached hydrogens (tertiary/aromatic N) is 5. The lowest BCUT2D eigenvalue weighted by atomic mass is 9.78. The first-order chi connectivity index (χ1) is 13.9. The minimum atomic E-state index is -3.54. The quantitative estimate of drug-likeness (QED) is 0.726. The SMILES string of the molecule is Cn1cnc(S(=O)(=O)N2CCC3(CC2)CC(Cc2noc(C4CC4)n2)CCO3)c1. The number of imidazole rings is 1. The Morgan fingerprint density at radius 1 is 1.24 bits per heavy atom. The molecule has 0 radical (unpaired) electrons. The van der Waals surface area contributed by atoms with Crippen molar-refractivity contribution in [2.45, 2.75) is 61.5 Å². The minimum Gasteiger partial charge on any atom is -0.375 e. The third-order valence-electron chi connectivity index (χ3n) is 6.40. The molecule has 0 aromatic carbocycles. The smallest absolute Gasteiger partial charge is 0.262 e. The Hall–Kier alpha value is -1.78. The van der Waals surface area contributed by atoms with Gasteiger partial charge in [-0.1, -0.05) is 5.16 Å². The molecular weight excluding hydrogens is 394 g/mol. The van der Waals surface area contributed by atoms with E-state index in [1.807, 2.05) is 0 Å². The normalized spacial score (nSPS) is 25.5. The van der Waals surface area contributed by atoms with E-state index in [1.165, 1.54) is 10.6 Å². The van der Waals surface area contributed by atoms with Gasteiger partial charge in [-0.05, 0) is 44.4 Å². The molecule has 10 heteroatoms. The summed E-state index contributed by atoms with van der Waals surface area (Å²) in [6.45, 7) is 1.62. The molecule has 4 heterocycles. The maximum Gasteiger partial charge on any atom is 0.262 e. The first-order valence-corrected chi connectivity index (χ1v) is 11.8. The van der Waals surface area contributed by atoms with Crippen LogP contribution in [0, 0.1) is 5.92 Å². The van der Waals surface area contributed by atoms with Crippen molar-refractivity contribution in [1.82, 2.24) is 24.0 Å². The van der Waals surface area contributed by atoms with E-state index in [4.69, 9.17) is 9.26 Å². The van der Waals surface area contributed by atoms with Crippen LogP contribution in [0.1, 0.15) is 56.2 Å². The van der Waals surface area contributed by atoms with Crippen molar-refractivity contribution in [3.8, 4) is 0 Å². The van der Waals surface area contributed by atoms with Crippen LogP contribution in [-0.2, 0) is 28.2 Å². The van der Waals surface area contributed by atoms with Gasteiger partial charge in [0.1, 0.15) is 0 Å². The Morgan fingerprint density at radius 2 is 2.03 bits per heavy atom. The molecule has 0 N–H and O–H groups in total. The van der Waals surface area contributed by atoms with Crippen molar-refractivity contribution < 1.29 is 17.7 Å². The molecule has 158 valence electrons.